The highest BCUT2D eigenvalue weighted by molar-refractivity contribution is 5.74. The van der Waals surface area contributed by atoms with Gasteiger partial charge < -0.3 is 4.74 Å². The van der Waals surface area contributed by atoms with E-state index in [0.29, 0.717) is 35.1 Å². The van der Waals surface area contributed by atoms with Crippen LogP contribution in [-0.4, -0.2) is 6.36 Å². The predicted octanol–water partition coefficient (Wildman–Crippen LogP) is 8.06. The van der Waals surface area contributed by atoms with Gasteiger partial charge in [0.1, 0.15) is 17.4 Å². The molecule has 3 aromatic carbocycles. The lowest BCUT2D eigenvalue weighted by molar-refractivity contribution is -0.274. The van der Waals surface area contributed by atoms with Crippen LogP contribution in [0.3, 0.4) is 0 Å². The third kappa shape index (κ3) is 5.27. The zero-order chi connectivity index (χ0) is 23.6. The van der Waals surface area contributed by atoms with Crippen molar-refractivity contribution in [3.05, 3.63) is 94.6 Å². The molecule has 0 amide bonds. The van der Waals surface area contributed by atoms with E-state index >= 15 is 4.39 Å². The van der Waals surface area contributed by atoms with Crippen molar-refractivity contribution in [2.75, 3.05) is 0 Å². The molecule has 0 saturated carbocycles. The normalized spacial score (nSPS) is 13.5. The Morgan fingerprint density at radius 1 is 0.909 bits per heavy atom. The molecule has 0 bridgehead atoms. The van der Waals surface area contributed by atoms with Gasteiger partial charge in [0.05, 0.1) is 0 Å². The summed E-state index contributed by atoms with van der Waals surface area (Å²) in [6.45, 7) is 2.09. The Labute approximate surface area is 189 Å². The molecular weight excluding hydrogens is 435 g/mol. The molecule has 3 aromatic rings. The number of fused-ring (bicyclic) bond motifs is 1. The molecule has 0 atom stereocenters. The van der Waals surface area contributed by atoms with E-state index in [-0.39, 0.29) is 11.6 Å². The number of alkyl halides is 3. The summed E-state index contributed by atoms with van der Waals surface area (Å²) in [4.78, 5) is 0. The lowest BCUT2D eigenvalue weighted by Gasteiger charge is -2.20. The van der Waals surface area contributed by atoms with Crippen LogP contribution >= 0.6 is 0 Å². The zero-order valence-electron chi connectivity index (χ0n) is 18.1. The standard InChI is InChI=1S/C27H23F5O/c1-2-3-4-17-5-12-22(25(28)15-17)19-8-14-24-20(16-19)9-13-23(26(24)29)18-6-10-21(11-7-18)33-27(30,31)32/h5-13,15H,2-4,14,16H2,1H3. The smallest absolute Gasteiger partial charge is 0.406 e. The molecule has 33 heavy (non-hydrogen) atoms. The van der Waals surface area contributed by atoms with E-state index in [1.165, 1.54) is 12.1 Å². The quantitative estimate of drug-likeness (QED) is 0.340. The first-order chi connectivity index (χ1) is 15.7. The van der Waals surface area contributed by atoms with Gasteiger partial charge in [-0.05, 0) is 71.7 Å². The van der Waals surface area contributed by atoms with Gasteiger partial charge in [0.2, 0.25) is 0 Å². The van der Waals surface area contributed by atoms with Gasteiger partial charge in [0.15, 0.2) is 0 Å². The second-order valence-electron chi connectivity index (χ2n) is 8.16. The predicted molar refractivity (Wildman–Crippen MR) is 119 cm³/mol. The van der Waals surface area contributed by atoms with Gasteiger partial charge >= 0.3 is 6.36 Å². The molecule has 0 radical (unpaired) electrons. The highest BCUT2D eigenvalue weighted by atomic mass is 19.4. The van der Waals surface area contributed by atoms with Gasteiger partial charge in [-0.1, -0.05) is 55.8 Å². The molecular formula is C27H23F5O. The lowest BCUT2D eigenvalue weighted by atomic mass is 9.85. The number of unbranched alkanes of at least 4 members (excludes halogenated alkanes) is 1. The molecule has 0 saturated heterocycles. The van der Waals surface area contributed by atoms with Crippen molar-refractivity contribution in [3.63, 3.8) is 0 Å². The number of halogens is 5. The van der Waals surface area contributed by atoms with Crippen molar-refractivity contribution in [2.24, 2.45) is 0 Å². The van der Waals surface area contributed by atoms with E-state index in [4.69, 9.17) is 0 Å². The SMILES string of the molecule is CCCCc1ccc(C2=CCc3c(ccc(-c4ccc(OC(F)(F)F)cc4)c3F)C2)c(F)c1. The molecule has 1 nitrogen and oxygen atoms in total. The Balaban J connectivity index is 1.55. The molecule has 0 aromatic heterocycles. The van der Waals surface area contributed by atoms with Crippen LogP contribution in [0.5, 0.6) is 5.75 Å². The minimum absolute atomic E-state index is 0.267. The van der Waals surface area contributed by atoms with E-state index in [1.807, 2.05) is 12.1 Å². The van der Waals surface area contributed by atoms with Crippen molar-refractivity contribution in [1.82, 2.24) is 0 Å². The third-order valence-electron chi connectivity index (χ3n) is 5.87. The summed E-state index contributed by atoms with van der Waals surface area (Å²) < 4.78 is 71.0. The fourth-order valence-corrected chi connectivity index (χ4v) is 4.17. The minimum atomic E-state index is -4.78. The van der Waals surface area contributed by atoms with Gasteiger partial charge in [0.25, 0.3) is 0 Å². The minimum Gasteiger partial charge on any atom is -0.406 e. The average molecular weight is 458 g/mol. The highest BCUT2D eigenvalue weighted by Crippen LogP contribution is 2.35. The maximum Gasteiger partial charge on any atom is 0.573 e. The summed E-state index contributed by atoms with van der Waals surface area (Å²) >= 11 is 0. The Morgan fingerprint density at radius 3 is 2.30 bits per heavy atom. The number of rotatable bonds is 6. The number of hydrogen-bond acceptors (Lipinski definition) is 1. The van der Waals surface area contributed by atoms with E-state index in [2.05, 4.69) is 11.7 Å². The van der Waals surface area contributed by atoms with Gasteiger partial charge in [-0.2, -0.15) is 0 Å². The third-order valence-corrected chi connectivity index (χ3v) is 5.87. The number of ether oxygens (including phenoxy) is 1. The molecule has 0 aliphatic heterocycles. The van der Waals surface area contributed by atoms with E-state index in [9.17, 15) is 17.6 Å². The molecule has 4 rings (SSSR count). The van der Waals surface area contributed by atoms with E-state index < -0.39 is 12.2 Å². The molecule has 1 aliphatic carbocycles. The van der Waals surface area contributed by atoms with Gasteiger partial charge in [-0.25, -0.2) is 8.78 Å². The zero-order valence-corrected chi connectivity index (χ0v) is 18.1. The monoisotopic (exact) mass is 458 g/mol. The Bertz CT molecular complexity index is 1180. The van der Waals surface area contributed by atoms with Crippen molar-refractivity contribution in [2.45, 2.75) is 45.4 Å². The van der Waals surface area contributed by atoms with Crippen LogP contribution in [-0.2, 0) is 19.3 Å². The van der Waals surface area contributed by atoms with Crippen LogP contribution in [0.15, 0.2) is 60.7 Å². The second-order valence-corrected chi connectivity index (χ2v) is 8.16. The number of allylic oxidation sites excluding steroid dienone is 2. The van der Waals surface area contributed by atoms with Crippen LogP contribution in [0.1, 0.15) is 42.0 Å². The summed E-state index contributed by atoms with van der Waals surface area (Å²) in [7, 11) is 0. The fraction of sp³-hybridized carbons (Fsp3) is 0.259. The van der Waals surface area contributed by atoms with Gasteiger partial charge in [-0.15, -0.1) is 13.2 Å². The molecule has 0 unspecified atom stereocenters. The van der Waals surface area contributed by atoms with Crippen LogP contribution in [0.25, 0.3) is 16.7 Å². The molecule has 0 heterocycles. The van der Waals surface area contributed by atoms with Crippen molar-refractivity contribution in [1.29, 1.82) is 0 Å². The van der Waals surface area contributed by atoms with Crippen LogP contribution in [0.4, 0.5) is 22.0 Å². The summed E-state index contributed by atoms with van der Waals surface area (Å²) in [6, 6.07) is 13.8. The molecule has 0 fully saturated rings. The lowest BCUT2D eigenvalue weighted by Crippen LogP contribution is -2.16. The topological polar surface area (TPSA) is 9.23 Å². The molecule has 1 aliphatic rings. The Kier molecular flexibility index (Phi) is 6.54. The highest BCUT2D eigenvalue weighted by Gasteiger charge is 2.31. The van der Waals surface area contributed by atoms with Crippen LogP contribution in [0.2, 0.25) is 0 Å². The van der Waals surface area contributed by atoms with Crippen molar-refractivity contribution >= 4 is 5.57 Å². The Morgan fingerprint density at radius 2 is 1.64 bits per heavy atom. The Hall–Kier alpha value is -3.15. The van der Waals surface area contributed by atoms with Gasteiger partial charge in [-0.3, -0.25) is 0 Å². The molecule has 0 N–H and O–H groups in total. The first-order valence-corrected chi connectivity index (χ1v) is 10.9. The maximum absolute atomic E-state index is 15.3. The average Bonchev–Trinajstić information content (AvgIpc) is 2.77. The van der Waals surface area contributed by atoms with Gasteiger partial charge in [0, 0.05) is 11.1 Å². The second kappa shape index (κ2) is 9.38. The molecule has 172 valence electrons. The first-order valence-electron chi connectivity index (χ1n) is 10.9. The van der Waals surface area contributed by atoms with E-state index in [1.54, 1.807) is 24.3 Å². The molecule has 6 heteroatoms. The van der Waals surface area contributed by atoms with Crippen LogP contribution in [0, 0.1) is 11.6 Å². The largest absolute Gasteiger partial charge is 0.573 e. The summed E-state index contributed by atoms with van der Waals surface area (Å²) in [5.74, 6) is -1.04. The number of aryl methyl sites for hydroxylation is 1. The fourth-order valence-electron chi connectivity index (χ4n) is 4.17. The number of hydrogen-bond donors (Lipinski definition) is 0. The summed E-state index contributed by atoms with van der Waals surface area (Å²) in [5.41, 5.74) is 4.38. The maximum atomic E-state index is 15.3. The number of benzene rings is 3. The summed E-state index contributed by atoms with van der Waals surface area (Å²) in [5, 5.41) is 0. The molecule has 0 spiro atoms. The van der Waals surface area contributed by atoms with E-state index in [0.717, 1.165) is 48.1 Å². The van der Waals surface area contributed by atoms with Crippen molar-refractivity contribution < 1.29 is 26.7 Å². The first kappa shape index (κ1) is 23.0. The van der Waals surface area contributed by atoms with Crippen LogP contribution < -0.4 is 4.74 Å². The van der Waals surface area contributed by atoms with Crippen molar-refractivity contribution in [3.8, 4) is 16.9 Å². The summed E-state index contributed by atoms with van der Waals surface area (Å²) in [6.07, 6.45) is 0.691.